The quantitative estimate of drug-likeness (QED) is 0.610. The number of hydrogen-bond acceptors (Lipinski definition) is 5. The second kappa shape index (κ2) is 9.72. The zero-order chi connectivity index (χ0) is 22.7. The fourth-order valence-electron chi connectivity index (χ4n) is 3.84. The van der Waals surface area contributed by atoms with Crippen LogP contribution in [0.15, 0.2) is 42.5 Å². The molecular formula is C23H23F2N3O3S. The topological polar surface area (TPSA) is 61.9 Å². The average molecular weight is 460 g/mol. The van der Waals surface area contributed by atoms with Gasteiger partial charge in [-0.25, -0.2) is 8.78 Å². The van der Waals surface area contributed by atoms with E-state index in [1.165, 1.54) is 42.7 Å². The van der Waals surface area contributed by atoms with E-state index in [0.717, 1.165) is 0 Å². The van der Waals surface area contributed by atoms with Crippen LogP contribution in [-0.2, 0) is 16.1 Å². The summed E-state index contributed by atoms with van der Waals surface area (Å²) in [7, 11) is 1.52. The number of fused-ring (bicyclic) bond motifs is 1. The van der Waals surface area contributed by atoms with Crippen molar-refractivity contribution in [1.82, 2.24) is 9.80 Å². The van der Waals surface area contributed by atoms with Crippen LogP contribution in [0, 0.1) is 11.6 Å². The first-order valence-electron chi connectivity index (χ1n) is 10.2. The van der Waals surface area contributed by atoms with Crippen molar-refractivity contribution in [2.45, 2.75) is 6.61 Å². The summed E-state index contributed by atoms with van der Waals surface area (Å²) < 4.78 is 33.6. The van der Waals surface area contributed by atoms with E-state index in [1.54, 1.807) is 23.1 Å². The van der Waals surface area contributed by atoms with Crippen LogP contribution in [0.2, 0.25) is 0 Å². The first kappa shape index (κ1) is 22.3. The maximum atomic E-state index is 14.4. The molecule has 0 radical (unpaired) electrons. The van der Waals surface area contributed by atoms with Gasteiger partial charge in [-0.2, -0.15) is 0 Å². The number of amides is 2. The predicted octanol–water partition coefficient (Wildman–Crippen LogP) is 3.72. The Morgan fingerprint density at radius 1 is 1.09 bits per heavy atom. The molecule has 2 heterocycles. The van der Waals surface area contributed by atoms with Crippen LogP contribution in [0.3, 0.4) is 0 Å². The van der Waals surface area contributed by atoms with E-state index in [2.05, 4.69) is 5.32 Å². The lowest BCUT2D eigenvalue weighted by Gasteiger charge is -2.34. The number of halogens is 2. The van der Waals surface area contributed by atoms with E-state index >= 15 is 0 Å². The van der Waals surface area contributed by atoms with Gasteiger partial charge in [0.05, 0.1) is 18.0 Å². The number of thiophene rings is 1. The van der Waals surface area contributed by atoms with Crippen molar-refractivity contribution in [1.29, 1.82) is 0 Å². The maximum Gasteiger partial charge on any atom is 0.264 e. The molecular weight excluding hydrogens is 436 g/mol. The van der Waals surface area contributed by atoms with Crippen LogP contribution >= 0.6 is 11.3 Å². The molecule has 1 aromatic heterocycles. The van der Waals surface area contributed by atoms with Gasteiger partial charge in [-0.3, -0.25) is 14.5 Å². The molecule has 0 bridgehead atoms. The zero-order valence-corrected chi connectivity index (χ0v) is 18.4. The van der Waals surface area contributed by atoms with E-state index in [4.69, 9.17) is 4.74 Å². The molecule has 168 valence electrons. The van der Waals surface area contributed by atoms with Crippen LogP contribution in [0.1, 0.15) is 15.2 Å². The molecule has 1 N–H and O–H groups in total. The van der Waals surface area contributed by atoms with Crippen LogP contribution < -0.4 is 5.32 Å². The largest absolute Gasteiger partial charge is 0.380 e. The molecule has 3 aromatic rings. The van der Waals surface area contributed by atoms with Crippen LogP contribution in [0.25, 0.3) is 10.1 Å². The summed E-state index contributed by atoms with van der Waals surface area (Å²) in [5.41, 5.74) is 0.985. The maximum absolute atomic E-state index is 14.4. The molecule has 2 amide bonds. The fourth-order valence-corrected chi connectivity index (χ4v) is 5.03. The molecule has 0 unspecified atom stereocenters. The van der Waals surface area contributed by atoms with Gasteiger partial charge in [0, 0.05) is 54.6 Å². The smallest absolute Gasteiger partial charge is 0.264 e. The Balaban J connectivity index is 1.39. The third-order valence-electron chi connectivity index (χ3n) is 5.38. The SMILES string of the molecule is COCc1c(C(=O)N2CCN(CC(=O)Nc3cccc(F)c3)CC2)sc2cccc(F)c12. The zero-order valence-electron chi connectivity index (χ0n) is 17.6. The summed E-state index contributed by atoms with van der Waals surface area (Å²) in [6.45, 7) is 2.27. The highest BCUT2D eigenvalue weighted by molar-refractivity contribution is 7.21. The Morgan fingerprint density at radius 2 is 1.84 bits per heavy atom. The van der Waals surface area contributed by atoms with Crippen molar-refractivity contribution in [2.75, 3.05) is 45.2 Å². The number of ether oxygens (including phenoxy) is 1. The first-order valence-corrected chi connectivity index (χ1v) is 11.0. The average Bonchev–Trinajstić information content (AvgIpc) is 3.14. The van der Waals surface area contributed by atoms with Crippen molar-refractivity contribution < 1.29 is 23.1 Å². The molecule has 1 aliphatic rings. The number of benzene rings is 2. The molecule has 4 rings (SSSR count). The Morgan fingerprint density at radius 3 is 2.56 bits per heavy atom. The van der Waals surface area contributed by atoms with E-state index in [9.17, 15) is 18.4 Å². The second-order valence-corrected chi connectivity index (χ2v) is 8.63. The summed E-state index contributed by atoms with van der Waals surface area (Å²) in [5, 5.41) is 3.12. The Hall–Kier alpha value is -2.88. The molecule has 1 aliphatic heterocycles. The lowest BCUT2D eigenvalue weighted by molar-refractivity contribution is -0.117. The van der Waals surface area contributed by atoms with E-state index in [1.807, 2.05) is 4.90 Å². The van der Waals surface area contributed by atoms with E-state index < -0.39 is 5.82 Å². The normalized spacial score (nSPS) is 14.7. The lowest BCUT2D eigenvalue weighted by Crippen LogP contribution is -2.50. The molecule has 9 heteroatoms. The van der Waals surface area contributed by atoms with Gasteiger partial charge in [0.15, 0.2) is 0 Å². The highest BCUT2D eigenvalue weighted by Gasteiger charge is 2.28. The van der Waals surface area contributed by atoms with Gasteiger partial charge in [-0.1, -0.05) is 12.1 Å². The highest BCUT2D eigenvalue weighted by atomic mass is 32.1. The molecule has 0 atom stereocenters. The number of methoxy groups -OCH3 is 1. The summed E-state index contributed by atoms with van der Waals surface area (Å²) in [4.78, 5) is 29.6. The fraction of sp³-hybridized carbons (Fsp3) is 0.304. The molecule has 1 fully saturated rings. The molecule has 32 heavy (non-hydrogen) atoms. The number of carbonyl (C=O) groups is 2. The van der Waals surface area contributed by atoms with Crippen molar-refractivity contribution in [3.05, 3.63) is 64.5 Å². The Bertz CT molecular complexity index is 1140. The Kier molecular flexibility index (Phi) is 6.78. The number of nitrogens with one attached hydrogen (secondary N) is 1. The van der Waals surface area contributed by atoms with Crippen LogP contribution in [0.4, 0.5) is 14.5 Å². The summed E-state index contributed by atoms with van der Waals surface area (Å²) in [5.74, 6) is -1.16. The van der Waals surface area contributed by atoms with Gasteiger partial charge in [-0.05, 0) is 30.3 Å². The summed E-state index contributed by atoms with van der Waals surface area (Å²) >= 11 is 1.27. The number of rotatable bonds is 6. The number of carbonyl (C=O) groups excluding carboxylic acids is 2. The minimum atomic E-state index is -0.413. The molecule has 0 saturated carbocycles. The van der Waals surface area contributed by atoms with Gasteiger partial charge < -0.3 is 15.0 Å². The molecule has 1 saturated heterocycles. The van der Waals surface area contributed by atoms with Crippen molar-refractivity contribution in [3.8, 4) is 0 Å². The predicted molar refractivity (Wildman–Crippen MR) is 120 cm³/mol. The van der Waals surface area contributed by atoms with E-state index in [-0.39, 0.29) is 30.8 Å². The third kappa shape index (κ3) is 4.79. The number of nitrogens with zero attached hydrogens (tertiary/aromatic N) is 2. The minimum absolute atomic E-state index is 0.151. The summed E-state index contributed by atoms with van der Waals surface area (Å²) in [6, 6.07) is 10.6. The highest BCUT2D eigenvalue weighted by Crippen LogP contribution is 2.34. The van der Waals surface area contributed by atoms with Gasteiger partial charge in [-0.15, -0.1) is 11.3 Å². The van der Waals surface area contributed by atoms with E-state index in [0.29, 0.717) is 52.4 Å². The number of piperazine rings is 1. The molecule has 0 spiro atoms. The molecule has 0 aliphatic carbocycles. The number of anilines is 1. The van der Waals surface area contributed by atoms with Gasteiger partial charge in [0.1, 0.15) is 11.6 Å². The van der Waals surface area contributed by atoms with Crippen LogP contribution in [0.5, 0.6) is 0 Å². The van der Waals surface area contributed by atoms with Crippen molar-refractivity contribution in [2.24, 2.45) is 0 Å². The van der Waals surface area contributed by atoms with Crippen molar-refractivity contribution >= 4 is 38.9 Å². The Labute approximate surface area is 188 Å². The van der Waals surface area contributed by atoms with Crippen LogP contribution in [-0.4, -0.2) is 61.4 Å². The molecule has 2 aromatic carbocycles. The standard InChI is InChI=1S/C23H23F2N3O3S/c1-31-14-17-21-18(25)6-3-7-19(21)32-22(17)23(30)28-10-8-27(9-11-28)13-20(29)26-16-5-2-4-15(24)12-16/h2-7,12H,8-11,13-14H2,1H3,(H,26,29). The van der Waals surface area contributed by atoms with Crippen molar-refractivity contribution in [3.63, 3.8) is 0 Å². The lowest BCUT2D eigenvalue weighted by atomic mass is 10.1. The summed E-state index contributed by atoms with van der Waals surface area (Å²) in [6.07, 6.45) is 0. The van der Waals surface area contributed by atoms with Gasteiger partial charge >= 0.3 is 0 Å². The van der Waals surface area contributed by atoms with Gasteiger partial charge in [0.25, 0.3) is 5.91 Å². The van der Waals surface area contributed by atoms with Gasteiger partial charge in [0.2, 0.25) is 5.91 Å². The number of hydrogen-bond donors (Lipinski definition) is 1. The second-order valence-electron chi connectivity index (χ2n) is 7.58. The minimum Gasteiger partial charge on any atom is -0.380 e. The molecule has 6 nitrogen and oxygen atoms in total. The third-order valence-corrected chi connectivity index (χ3v) is 6.57. The first-order chi connectivity index (χ1) is 15.5. The monoisotopic (exact) mass is 459 g/mol.